The Balaban J connectivity index is 0.00000400. The molecule has 0 unspecified atom stereocenters. The number of methoxy groups -OCH3 is 1. The summed E-state index contributed by atoms with van der Waals surface area (Å²) in [6, 6.07) is 0.907. The Morgan fingerprint density at radius 3 is 2.57 bits per heavy atom. The van der Waals surface area contributed by atoms with Crippen LogP contribution in [-0.4, -0.2) is 40.5 Å². The topological polar surface area (TPSA) is 112 Å². The van der Waals surface area contributed by atoms with Crippen LogP contribution in [0.4, 0.5) is 8.78 Å². The molecule has 1 heterocycles. The molecule has 0 fully saturated rings. The number of sulfonamides is 1. The van der Waals surface area contributed by atoms with E-state index in [9.17, 15) is 22.0 Å². The average molecular weight is 349 g/mol. The van der Waals surface area contributed by atoms with Gasteiger partial charge in [0, 0.05) is 6.07 Å². The Morgan fingerprint density at radius 1 is 1.52 bits per heavy atom. The van der Waals surface area contributed by atoms with Crippen molar-refractivity contribution >= 4 is 28.4 Å². The van der Waals surface area contributed by atoms with Crippen molar-refractivity contribution in [1.82, 2.24) is 4.72 Å². The number of carbonyl (C=O) groups excluding carboxylic acids is 1. The van der Waals surface area contributed by atoms with Crippen LogP contribution in [-0.2, 0) is 14.8 Å². The Morgan fingerprint density at radius 2 is 2.10 bits per heavy atom. The van der Waals surface area contributed by atoms with Gasteiger partial charge in [0.15, 0.2) is 0 Å². The summed E-state index contributed by atoms with van der Waals surface area (Å²) in [4.78, 5) is 10.8. The molecule has 0 aliphatic carbocycles. The van der Waals surface area contributed by atoms with Gasteiger partial charge < -0.3 is 14.9 Å². The number of halogens is 3. The van der Waals surface area contributed by atoms with Gasteiger partial charge in [-0.1, -0.05) is 0 Å². The van der Waals surface area contributed by atoms with Gasteiger partial charge in [0.25, 0.3) is 5.92 Å². The summed E-state index contributed by atoms with van der Waals surface area (Å²) in [5.41, 5.74) is 4.80. The van der Waals surface area contributed by atoms with Crippen LogP contribution in [0.15, 0.2) is 15.4 Å². The van der Waals surface area contributed by atoms with E-state index in [0.717, 1.165) is 13.2 Å². The van der Waals surface area contributed by atoms with Gasteiger partial charge in [-0.15, -0.1) is 12.4 Å². The fraction of sp³-hybridized carbons (Fsp3) is 0.500. The van der Waals surface area contributed by atoms with Crippen molar-refractivity contribution in [2.75, 3.05) is 20.2 Å². The third kappa shape index (κ3) is 4.92. The number of hydrogen-bond acceptors (Lipinski definition) is 6. The zero-order chi connectivity index (χ0) is 15.6. The molecular weight excluding hydrogens is 334 g/mol. The van der Waals surface area contributed by atoms with Crippen molar-refractivity contribution in [2.24, 2.45) is 5.73 Å². The minimum Gasteiger partial charge on any atom is -0.463 e. The van der Waals surface area contributed by atoms with Crippen LogP contribution in [0.25, 0.3) is 0 Å². The fourth-order valence-corrected chi connectivity index (χ4v) is 2.52. The zero-order valence-electron chi connectivity index (χ0n) is 11.2. The lowest BCUT2D eigenvalue weighted by molar-refractivity contribution is 0.0170. The van der Waals surface area contributed by atoms with E-state index in [-0.39, 0.29) is 23.9 Å². The molecule has 0 radical (unpaired) electrons. The van der Waals surface area contributed by atoms with Crippen molar-refractivity contribution in [2.45, 2.75) is 17.7 Å². The first kappa shape index (κ1) is 19.8. The summed E-state index contributed by atoms with van der Waals surface area (Å²) >= 11 is 0. The number of rotatable bonds is 6. The molecule has 0 amide bonds. The quantitative estimate of drug-likeness (QED) is 0.731. The number of alkyl halides is 2. The van der Waals surface area contributed by atoms with E-state index in [2.05, 4.69) is 4.74 Å². The number of esters is 1. The molecule has 0 spiro atoms. The molecule has 1 aromatic rings. The van der Waals surface area contributed by atoms with Gasteiger partial charge in [0.2, 0.25) is 15.8 Å². The molecule has 0 saturated heterocycles. The van der Waals surface area contributed by atoms with Crippen LogP contribution >= 0.6 is 12.4 Å². The number of aryl methyl sites for hydroxylation is 1. The molecule has 0 aliphatic heterocycles. The molecular formula is C10H15ClF2N2O5S. The highest BCUT2D eigenvalue weighted by Gasteiger charge is 2.31. The van der Waals surface area contributed by atoms with Crippen molar-refractivity contribution in [3.63, 3.8) is 0 Å². The normalized spacial score (nSPS) is 11.9. The van der Waals surface area contributed by atoms with E-state index in [1.54, 1.807) is 4.72 Å². The van der Waals surface area contributed by atoms with Crippen molar-refractivity contribution < 1.29 is 31.1 Å². The summed E-state index contributed by atoms with van der Waals surface area (Å²) < 4.78 is 60.5. The third-order valence-electron chi connectivity index (χ3n) is 2.37. The van der Waals surface area contributed by atoms with Crippen molar-refractivity contribution in [3.05, 3.63) is 17.6 Å². The highest BCUT2D eigenvalue weighted by molar-refractivity contribution is 7.89. The molecule has 21 heavy (non-hydrogen) atoms. The van der Waals surface area contributed by atoms with Crippen LogP contribution in [0, 0.1) is 6.92 Å². The lowest BCUT2D eigenvalue weighted by atomic mass is 10.3. The van der Waals surface area contributed by atoms with Crippen LogP contribution in [0.5, 0.6) is 0 Å². The van der Waals surface area contributed by atoms with Gasteiger partial charge in [-0.05, 0) is 6.92 Å². The molecule has 0 atom stereocenters. The minimum atomic E-state index is -4.24. The molecule has 0 bridgehead atoms. The minimum absolute atomic E-state index is 0. The van der Waals surface area contributed by atoms with Gasteiger partial charge in [0.1, 0.15) is 10.7 Å². The summed E-state index contributed by atoms with van der Waals surface area (Å²) in [6.45, 7) is -0.862. The Bertz CT molecular complexity index is 603. The van der Waals surface area contributed by atoms with Crippen LogP contribution in [0.1, 0.15) is 16.3 Å². The molecule has 1 rings (SSSR count). The number of furan rings is 1. The summed E-state index contributed by atoms with van der Waals surface area (Å²) in [6.07, 6.45) is 0. The standard InChI is InChI=1S/C10H14F2N2O5S.ClH/c1-6-8(3-7(19-6)9(15)18-2)20(16,17)14-5-10(11,12)4-13;/h3,14H,4-5,13H2,1-2H3;1H. The maximum atomic E-state index is 12.9. The second kappa shape index (κ2) is 7.16. The number of carbonyl (C=O) groups is 1. The fourth-order valence-electron chi connectivity index (χ4n) is 1.28. The van der Waals surface area contributed by atoms with Gasteiger partial charge in [0.05, 0.1) is 20.2 Å². The molecule has 3 N–H and O–H groups in total. The monoisotopic (exact) mass is 348 g/mol. The number of ether oxygens (including phenoxy) is 1. The van der Waals surface area contributed by atoms with E-state index in [0.29, 0.717) is 0 Å². The van der Waals surface area contributed by atoms with E-state index < -0.39 is 39.9 Å². The van der Waals surface area contributed by atoms with Gasteiger partial charge in [-0.3, -0.25) is 0 Å². The summed E-state index contributed by atoms with van der Waals surface area (Å²) in [7, 11) is -3.15. The highest BCUT2D eigenvalue weighted by Crippen LogP contribution is 2.21. The SMILES string of the molecule is COC(=O)c1cc(S(=O)(=O)NCC(F)(F)CN)c(C)o1.Cl. The predicted octanol–water partition coefficient (Wildman–Crippen LogP) is 0.669. The van der Waals surface area contributed by atoms with E-state index in [1.807, 2.05) is 0 Å². The molecule has 11 heteroatoms. The summed E-state index contributed by atoms with van der Waals surface area (Å²) in [5.74, 6) is -4.69. The number of nitrogens with one attached hydrogen (secondary N) is 1. The molecule has 7 nitrogen and oxygen atoms in total. The lowest BCUT2D eigenvalue weighted by Gasteiger charge is -2.14. The molecule has 0 saturated carbocycles. The second-order valence-corrected chi connectivity index (χ2v) is 5.64. The van der Waals surface area contributed by atoms with E-state index in [4.69, 9.17) is 10.2 Å². The Hall–Kier alpha value is -1.23. The third-order valence-corrected chi connectivity index (χ3v) is 3.88. The molecule has 1 aromatic heterocycles. The molecule has 0 aliphatic rings. The van der Waals surface area contributed by atoms with E-state index in [1.165, 1.54) is 6.92 Å². The van der Waals surface area contributed by atoms with Crippen LogP contribution in [0.3, 0.4) is 0 Å². The Labute approximate surface area is 126 Å². The summed E-state index contributed by atoms with van der Waals surface area (Å²) in [5, 5.41) is 0. The van der Waals surface area contributed by atoms with Crippen LogP contribution < -0.4 is 10.5 Å². The van der Waals surface area contributed by atoms with Crippen LogP contribution in [0.2, 0.25) is 0 Å². The molecule has 0 aromatic carbocycles. The second-order valence-electron chi connectivity index (χ2n) is 3.91. The maximum absolute atomic E-state index is 12.9. The first-order valence-corrected chi connectivity index (χ1v) is 6.87. The smallest absolute Gasteiger partial charge is 0.373 e. The average Bonchev–Trinajstić information content (AvgIpc) is 2.79. The molecule has 122 valence electrons. The van der Waals surface area contributed by atoms with Gasteiger partial charge >= 0.3 is 5.97 Å². The predicted molar refractivity (Wildman–Crippen MR) is 71.2 cm³/mol. The highest BCUT2D eigenvalue weighted by atomic mass is 35.5. The van der Waals surface area contributed by atoms with Gasteiger partial charge in [-0.2, -0.15) is 0 Å². The number of nitrogens with two attached hydrogens (primary N) is 1. The zero-order valence-corrected chi connectivity index (χ0v) is 12.8. The van der Waals surface area contributed by atoms with E-state index >= 15 is 0 Å². The first-order valence-electron chi connectivity index (χ1n) is 5.39. The maximum Gasteiger partial charge on any atom is 0.373 e. The Kier molecular flexibility index (Phi) is 6.74. The largest absolute Gasteiger partial charge is 0.463 e. The van der Waals surface area contributed by atoms with Gasteiger partial charge in [-0.25, -0.2) is 26.7 Å². The first-order chi connectivity index (χ1) is 9.13. The lowest BCUT2D eigenvalue weighted by Crippen LogP contribution is -2.41. The van der Waals surface area contributed by atoms with Crippen molar-refractivity contribution in [1.29, 1.82) is 0 Å². The van der Waals surface area contributed by atoms with Crippen molar-refractivity contribution in [3.8, 4) is 0 Å². The number of hydrogen-bond donors (Lipinski definition) is 2.